The fourth-order valence-corrected chi connectivity index (χ4v) is 5.77. The molecule has 0 bridgehead atoms. The number of carbonyl (C=O) groups excluding carboxylic acids is 1. The van der Waals surface area contributed by atoms with Crippen molar-refractivity contribution >= 4 is 50.9 Å². The van der Waals surface area contributed by atoms with Gasteiger partial charge >= 0.3 is 0 Å². The van der Waals surface area contributed by atoms with E-state index in [9.17, 15) is 10.1 Å². The normalized spacial score (nSPS) is 20.4. The second-order valence-corrected chi connectivity index (χ2v) is 7.94. The van der Waals surface area contributed by atoms with Gasteiger partial charge in [0.15, 0.2) is 11.7 Å². The minimum atomic E-state index is -0.719. The number of ketones is 1. The van der Waals surface area contributed by atoms with Gasteiger partial charge in [0.05, 0.1) is 21.5 Å². The molecule has 2 aromatic rings. The van der Waals surface area contributed by atoms with Gasteiger partial charge in [-0.1, -0.05) is 12.1 Å². The van der Waals surface area contributed by atoms with Gasteiger partial charge < -0.3 is 0 Å². The van der Waals surface area contributed by atoms with E-state index in [1.807, 2.05) is 24.3 Å². The number of fused-ring (bicyclic) bond motifs is 1. The molecule has 2 heterocycles. The van der Waals surface area contributed by atoms with E-state index in [1.165, 1.54) is 11.3 Å². The van der Waals surface area contributed by atoms with Gasteiger partial charge in [-0.25, -0.2) is 4.98 Å². The van der Waals surface area contributed by atoms with Gasteiger partial charge in [0, 0.05) is 17.3 Å². The SMILES string of the molecule is N#C[C@@H](C(=O)[C@H]1CSCCS1)c1nc2ccccc2s1. The van der Waals surface area contributed by atoms with Gasteiger partial charge in [0.25, 0.3) is 0 Å². The topological polar surface area (TPSA) is 53.8 Å². The molecule has 1 aromatic heterocycles. The van der Waals surface area contributed by atoms with Crippen molar-refractivity contribution < 1.29 is 4.79 Å². The largest absolute Gasteiger partial charge is 0.296 e. The lowest BCUT2D eigenvalue weighted by Crippen LogP contribution is -2.28. The van der Waals surface area contributed by atoms with Gasteiger partial charge in [0.1, 0.15) is 5.01 Å². The van der Waals surface area contributed by atoms with Crippen molar-refractivity contribution in [3.05, 3.63) is 29.3 Å². The molecule has 1 fully saturated rings. The molecule has 1 saturated heterocycles. The monoisotopic (exact) mass is 320 g/mol. The van der Waals surface area contributed by atoms with E-state index in [1.54, 1.807) is 23.5 Å². The van der Waals surface area contributed by atoms with Crippen LogP contribution in [0.15, 0.2) is 24.3 Å². The van der Waals surface area contributed by atoms with Crippen LogP contribution in [0.1, 0.15) is 10.9 Å². The van der Waals surface area contributed by atoms with Gasteiger partial charge in [-0.2, -0.15) is 17.0 Å². The first kappa shape index (κ1) is 13.9. The van der Waals surface area contributed by atoms with Crippen LogP contribution in [0.4, 0.5) is 0 Å². The van der Waals surface area contributed by atoms with Crippen LogP contribution < -0.4 is 0 Å². The maximum absolute atomic E-state index is 12.5. The summed E-state index contributed by atoms with van der Waals surface area (Å²) in [6.07, 6.45) is 0. The third-order valence-corrected chi connectivity index (χ3v) is 6.98. The van der Waals surface area contributed by atoms with E-state index >= 15 is 0 Å². The number of nitrogens with zero attached hydrogens (tertiary/aromatic N) is 2. The van der Waals surface area contributed by atoms with Crippen molar-refractivity contribution in [2.24, 2.45) is 0 Å². The van der Waals surface area contributed by atoms with Crippen molar-refractivity contribution in [2.75, 3.05) is 17.3 Å². The Morgan fingerprint density at radius 3 is 2.95 bits per heavy atom. The highest BCUT2D eigenvalue weighted by Gasteiger charge is 2.32. The Bertz CT molecular complexity index is 637. The average Bonchev–Trinajstić information content (AvgIpc) is 2.92. The summed E-state index contributed by atoms with van der Waals surface area (Å²) in [5.41, 5.74) is 0.867. The predicted molar refractivity (Wildman–Crippen MR) is 86.6 cm³/mol. The summed E-state index contributed by atoms with van der Waals surface area (Å²) >= 11 is 4.92. The third-order valence-electron chi connectivity index (χ3n) is 3.10. The van der Waals surface area contributed by atoms with Crippen LogP contribution >= 0.6 is 34.9 Å². The molecule has 102 valence electrons. The molecule has 3 nitrogen and oxygen atoms in total. The second-order valence-electron chi connectivity index (χ2n) is 4.42. The summed E-state index contributed by atoms with van der Waals surface area (Å²) in [6.45, 7) is 0. The Kier molecular flexibility index (Phi) is 4.29. The molecule has 20 heavy (non-hydrogen) atoms. The number of benzene rings is 1. The summed E-state index contributed by atoms with van der Waals surface area (Å²) in [5.74, 6) is 2.19. The Hall–Kier alpha value is -1.03. The van der Waals surface area contributed by atoms with Crippen LogP contribution in [0.5, 0.6) is 0 Å². The van der Waals surface area contributed by atoms with Gasteiger partial charge in [0.2, 0.25) is 0 Å². The fraction of sp³-hybridized carbons (Fsp3) is 0.357. The molecule has 1 aromatic carbocycles. The summed E-state index contributed by atoms with van der Waals surface area (Å²) in [6, 6.07) is 9.91. The number of hydrogen-bond donors (Lipinski definition) is 0. The number of para-hydroxylation sites is 1. The maximum Gasteiger partial charge on any atom is 0.170 e. The number of hydrogen-bond acceptors (Lipinski definition) is 6. The van der Waals surface area contributed by atoms with Crippen molar-refractivity contribution in [3.8, 4) is 6.07 Å². The molecule has 0 saturated carbocycles. The zero-order valence-electron chi connectivity index (χ0n) is 10.6. The van der Waals surface area contributed by atoms with E-state index < -0.39 is 5.92 Å². The van der Waals surface area contributed by atoms with E-state index in [2.05, 4.69) is 11.1 Å². The number of aromatic nitrogens is 1. The first-order valence-electron chi connectivity index (χ1n) is 6.28. The highest BCUT2D eigenvalue weighted by Crippen LogP contribution is 2.33. The molecule has 0 amide bonds. The highest BCUT2D eigenvalue weighted by atomic mass is 32.2. The van der Waals surface area contributed by atoms with Crippen LogP contribution in [-0.2, 0) is 4.79 Å². The number of rotatable bonds is 3. The van der Waals surface area contributed by atoms with Crippen molar-refractivity contribution in [1.82, 2.24) is 4.98 Å². The predicted octanol–water partition coefficient (Wildman–Crippen LogP) is 3.32. The first-order valence-corrected chi connectivity index (χ1v) is 9.30. The Balaban J connectivity index is 1.89. The molecule has 1 aliphatic rings. The first-order chi connectivity index (χ1) is 9.79. The molecular formula is C14H12N2OS3. The zero-order valence-corrected chi connectivity index (χ0v) is 13.1. The molecule has 2 atom stereocenters. The summed E-state index contributed by atoms with van der Waals surface area (Å²) in [7, 11) is 0. The molecule has 6 heteroatoms. The van der Waals surface area contributed by atoms with Gasteiger partial charge in [-0.15, -0.1) is 23.1 Å². The maximum atomic E-state index is 12.5. The van der Waals surface area contributed by atoms with Crippen molar-refractivity contribution in [2.45, 2.75) is 11.2 Å². The summed E-state index contributed by atoms with van der Waals surface area (Å²) in [5, 5.41) is 9.96. The lowest BCUT2D eigenvalue weighted by atomic mass is 10.0. The van der Waals surface area contributed by atoms with Gasteiger partial charge in [-0.3, -0.25) is 4.79 Å². The Morgan fingerprint density at radius 1 is 1.40 bits per heavy atom. The standard InChI is InChI=1S/C14H12N2OS3/c15-7-9(13(17)12-8-18-5-6-19-12)14-16-10-3-1-2-4-11(10)20-14/h1-4,9,12H,5-6,8H2/t9-,12+/m0/s1. The van der Waals surface area contributed by atoms with Crippen LogP contribution in [0.3, 0.4) is 0 Å². The van der Waals surface area contributed by atoms with Crippen LogP contribution in [0.2, 0.25) is 0 Å². The smallest absolute Gasteiger partial charge is 0.170 e. The Morgan fingerprint density at radius 2 is 2.25 bits per heavy atom. The molecule has 0 unspecified atom stereocenters. The molecule has 1 aliphatic heterocycles. The summed E-state index contributed by atoms with van der Waals surface area (Å²) in [4.78, 5) is 17.0. The number of thioether (sulfide) groups is 2. The van der Waals surface area contributed by atoms with Gasteiger partial charge in [-0.05, 0) is 12.1 Å². The number of carbonyl (C=O) groups is 1. The molecule has 0 radical (unpaired) electrons. The quantitative estimate of drug-likeness (QED) is 0.868. The molecule has 3 rings (SSSR count). The van der Waals surface area contributed by atoms with Crippen LogP contribution in [0.25, 0.3) is 10.2 Å². The fourth-order valence-electron chi connectivity index (χ4n) is 2.09. The van der Waals surface area contributed by atoms with E-state index in [-0.39, 0.29) is 11.0 Å². The lowest BCUT2D eigenvalue weighted by Gasteiger charge is -2.20. The molecule has 0 aliphatic carbocycles. The number of nitriles is 1. The second kappa shape index (κ2) is 6.17. The van der Waals surface area contributed by atoms with Crippen LogP contribution in [-0.4, -0.2) is 33.3 Å². The third kappa shape index (κ3) is 2.71. The molecule has 0 spiro atoms. The molecule has 0 N–H and O–H groups in total. The van der Waals surface area contributed by atoms with E-state index in [0.717, 1.165) is 27.5 Å². The van der Waals surface area contributed by atoms with E-state index in [4.69, 9.17) is 0 Å². The summed E-state index contributed by atoms with van der Waals surface area (Å²) < 4.78 is 1.03. The average molecular weight is 320 g/mol. The zero-order chi connectivity index (χ0) is 13.9. The number of thiazole rings is 1. The minimum Gasteiger partial charge on any atom is -0.296 e. The van der Waals surface area contributed by atoms with E-state index in [0.29, 0.717) is 5.01 Å². The number of Topliss-reactive ketones (excluding diaryl/α,β-unsaturated/α-hetero) is 1. The lowest BCUT2D eigenvalue weighted by molar-refractivity contribution is -0.118. The van der Waals surface area contributed by atoms with Crippen molar-refractivity contribution in [3.63, 3.8) is 0 Å². The Labute approximate surface area is 129 Å². The minimum absolute atomic E-state index is 0.0174. The van der Waals surface area contributed by atoms with Crippen LogP contribution in [0, 0.1) is 11.3 Å². The molecular weight excluding hydrogens is 308 g/mol. The highest BCUT2D eigenvalue weighted by molar-refractivity contribution is 8.07. The van der Waals surface area contributed by atoms with Crippen molar-refractivity contribution in [1.29, 1.82) is 5.26 Å².